The second-order valence-electron chi connectivity index (χ2n) is 7.88. The highest BCUT2D eigenvalue weighted by Gasteiger charge is 2.21. The lowest BCUT2D eigenvalue weighted by Crippen LogP contribution is -2.23. The second-order valence-corrected chi connectivity index (χ2v) is 8.98. The molecule has 5 nitrogen and oxygen atoms in total. The summed E-state index contributed by atoms with van der Waals surface area (Å²) >= 11 is 1.78. The number of thioether (sulfide) groups is 1. The number of H-pyrrole nitrogens is 1. The van der Waals surface area contributed by atoms with Gasteiger partial charge in [0.15, 0.2) is 0 Å². The number of aromatic nitrogens is 2. The normalized spacial score (nSPS) is 13.8. The number of fused-ring (bicyclic) bond motifs is 1. The van der Waals surface area contributed by atoms with Crippen LogP contribution in [0.1, 0.15) is 30.7 Å². The van der Waals surface area contributed by atoms with Crippen molar-refractivity contribution in [2.24, 2.45) is 0 Å². The molecule has 0 unspecified atom stereocenters. The van der Waals surface area contributed by atoms with Crippen molar-refractivity contribution in [3.05, 3.63) is 75.7 Å². The van der Waals surface area contributed by atoms with Gasteiger partial charge in [-0.1, -0.05) is 48.5 Å². The van der Waals surface area contributed by atoms with E-state index in [1.54, 1.807) is 11.8 Å². The SMILES string of the molecule is CC(C)(OCCO)c1ccc(-c2ccc(-c3nc4c(c(=O)[nH]3)CSCC4)cc2)cc1. The highest BCUT2D eigenvalue weighted by Crippen LogP contribution is 2.29. The maximum absolute atomic E-state index is 12.4. The van der Waals surface area contributed by atoms with Gasteiger partial charge in [0.05, 0.1) is 24.5 Å². The summed E-state index contributed by atoms with van der Waals surface area (Å²) in [5.74, 6) is 2.39. The van der Waals surface area contributed by atoms with E-state index in [-0.39, 0.29) is 12.2 Å². The van der Waals surface area contributed by atoms with Crippen molar-refractivity contribution in [2.75, 3.05) is 19.0 Å². The zero-order chi connectivity index (χ0) is 21.1. The summed E-state index contributed by atoms with van der Waals surface area (Å²) in [6.45, 7) is 4.32. The van der Waals surface area contributed by atoms with Crippen molar-refractivity contribution in [3.63, 3.8) is 0 Å². The molecule has 6 heteroatoms. The van der Waals surface area contributed by atoms with Crippen LogP contribution < -0.4 is 5.56 Å². The van der Waals surface area contributed by atoms with E-state index < -0.39 is 5.60 Å². The van der Waals surface area contributed by atoms with E-state index in [4.69, 9.17) is 14.8 Å². The van der Waals surface area contributed by atoms with Crippen molar-refractivity contribution >= 4 is 11.8 Å². The Morgan fingerprint density at radius 3 is 2.37 bits per heavy atom. The maximum Gasteiger partial charge on any atom is 0.255 e. The number of nitrogens with one attached hydrogen (secondary N) is 1. The molecule has 0 saturated heterocycles. The number of aliphatic hydroxyl groups excluding tert-OH is 1. The van der Waals surface area contributed by atoms with Gasteiger partial charge in [0, 0.05) is 16.9 Å². The Bertz CT molecular complexity index is 1070. The molecule has 1 aliphatic rings. The van der Waals surface area contributed by atoms with Gasteiger partial charge in [-0.3, -0.25) is 4.79 Å². The van der Waals surface area contributed by atoms with E-state index in [2.05, 4.69) is 29.2 Å². The number of rotatable bonds is 6. The number of aromatic amines is 1. The average Bonchev–Trinajstić information content (AvgIpc) is 2.78. The first-order valence-electron chi connectivity index (χ1n) is 10.1. The Labute approximate surface area is 180 Å². The summed E-state index contributed by atoms with van der Waals surface area (Å²) in [7, 11) is 0. The summed E-state index contributed by atoms with van der Waals surface area (Å²) in [5.41, 5.74) is 5.44. The first-order chi connectivity index (χ1) is 14.5. The molecular formula is C24H26N2O3S. The van der Waals surface area contributed by atoms with Crippen LogP contribution in [0.3, 0.4) is 0 Å². The number of aryl methyl sites for hydroxylation is 1. The number of hydrogen-bond acceptors (Lipinski definition) is 5. The Morgan fingerprint density at radius 2 is 1.70 bits per heavy atom. The van der Waals surface area contributed by atoms with Crippen molar-refractivity contribution in [1.29, 1.82) is 0 Å². The van der Waals surface area contributed by atoms with Crippen LogP contribution in [0, 0.1) is 0 Å². The smallest absolute Gasteiger partial charge is 0.255 e. The van der Waals surface area contributed by atoms with Gasteiger partial charge in [-0.2, -0.15) is 11.8 Å². The third kappa shape index (κ3) is 4.36. The molecule has 0 fully saturated rings. The summed E-state index contributed by atoms with van der Waals surface area (Å²) in [6, 6.07) is 16.4. The van der Waals surface area contributed by atoms with E-state index >= 15 is 0 Å². The lowest BCUT2D eigenvalue weighted by molar-refractivity contribution is -0.0369. The molecule has 156 valence electrons. The predicted octanol–water partition coefficient (Wildman–Crippen LogP) is 4.14. The fourth-order valence-corrected chi connectivity index (χ4v) is 4.63. The molecular weight excluding hydrogens is 396 g/mol. The van der Waals surface area contributed by atoms with Crippen molar-refractivity contribution in [3.8, 4) is 22.5 Å². The van der Waals surface area contributed by atoms with E-state index in [9.17, 15) is 4.79 Å². The minimum absolute atomic E-state index is 0.0111. The van der Waals surface area contributed by atoms with Crippen LogP contribution in [-0.4, -0.2) is 34.0 Å². The summed E-state index contributed by atoms with van der Waals surface area (Å²) in [4.78, 5) is 20.0. The van der Waals surface area contributed by atoms with Crippen LogP contribution in [-0.2, 0) is 22.5 Å². The minimum atomic E-state index is -0.451. The standard InChI is InChI=1S/C24H26N2O3S/c1-24(2,29-13-12-27)19-9-7-17(8-10-19)16-3-5-18(6-4-16)22-25-21-11-14-30-15-20(21)23(28)26-22/h3-10,27H,11-15H2,1-2H3,(H,25,26,28). The molecule has 2 aromatic carbocycles. The number of benzene rings is 2. The van der Waals surface area contributed by atoms with Crippen LogP contribution in [0.15, 0.2) is 53.3 Å². The van der Waals surface area contributed by atoms with Gasteiger partial charge in [-0.25, -0.2) is 4.98 Å². The molecule has 1 aliphatic heterocycles. The van der Waals surface area contributed by atoms with E-state index in [0.717, 1.165) is 51.4 Å². The van der Waals surface area contributed by atoms with E-state index in [0.29, 0.717) is 12.4 Å². The highest BCUT2D eigenvalue weighted by molar-refractivity contribution is 7.98. The lowest BCUT2D eigenvalue weighted by Gasteiger charge is -2.25. The summed E-state index contributed by atoms with van der Waals surface area (Å²) < 4.78 is 5.74. The van der Waals surface area contributed by atoms with Gasteiger partial charge in [-0.05, 0) is 42.7 Å². The second kappa shape index (κ2) is 8.76. The summed E-state index contributed by atoms with van der Waals surface area (Å²) in [6.07, 6.45) is 0.847. The third-order valence-corrected chi connectivity index (χ3v) is 6.44. The topological polar surface area (TPSA) is 75.2 Å². The van der Waals surface area contributed by atoms with Crippen LogP contribution in [0.5, 0.6) is 0 Å². The fourth-order valence-electron chi connectivity index (χ4n) is 3.65. The fraction of sp³-hybridized carbons (Fsp3) is 0.333. The molecule has 0 amide bonds. The van der Waals surface area contributed by atoms with Gasteiger partial charge >= 0.3 is 0 Å². The molecule has 0 spiro atoms. The molecule has 2 heterocycles. The molecule has 4 rings (SSSR count). The lowest BCUT2D eigenvalue weighted by atomic mass is 9.95. The molecule has 1 aromatic heterocycles. The predicted molar refractivity (Wildman–Crippen MR) is 122 cm³/mol. The van der Waals surface area contributed by atoms with Crippen LogP contribution >= 0.6 is 11.8 Å². The minimum Gasteiger partial charge on any atom is -0.394 e. The quantitative estimate of drug-likeness (QED) is 0.625. The summed E-state index contributed by atoms with van der Waals surface area (Å²) in [5, 5.41) is 9.00. The first kappa shape index (κ1) is 20.8. The van der Waals surface area contributed by atoms with Gasteiger partial charge in [0.2, 0.25) is 0 Å². The van der Waals surface area contributed by atoms with Crippen LogP contribution in [0.2, 0.25) is 0 Å². The number of hydrogen-bond donors (Lipinski definition) is 2. The number of ether oxygens (including phenoxy) is 1. The monoisotopic (exact) mass is 422 g/mol. The van der Waals surface area contributed by atoms with Crippen molar-refractivity contribution in [1.82, 2.24) is 9.97 Å². The van der Waals surface area contributed by atoms with Gasteiger partial charge in [0.25, 0.3) is 5.56 Å². The third-order valence-electron chi connectivity index (χ3n) is 5.46. The van der Waals surface area contributed by atoms with Gasteiger partial charge in [-0.15, -0.1) is 0 Å². The zero-order valence-corrected chi connectivity index (χ0v) is 18.1. The molecule has 3 aromatic rings. The zero-order valence-electron chi connectivity index (χ0n) is 17.3. The van der Waals surface area contributed by atoms with Gasteiger partial charge < -0.3 is 14.8 Å². The maximum atomic E-state index is 12.4. The Morgan fingerprint density at radius 1 is 1.07 bits per heavy atom. The largest absolute Gasteiger partial charge is 0.394 e. The highest BCUT2D eigenvalue weighted by atomic mass is 32.2. The van der Waals surface area contributed by atoms with Crippen molar-refractivity contribution < 1.29 is 9.84 Å². The average molecular weight is 423 g/mol. The molecule has 30 heavy (non-hydrogen) atoms. The molecule has 0 aliphatic carbocycles. The van der Waals surface area contributed by atoms with Crippen molar-refractivity contribution in [2.45, 2.75) is 31.6 Å². The molecule has 2 N–H and O–H groups in total. The molecule has 0 radical (unpaired) electrons. The van der Waals surface area contributed by atoms with Crippen LogP contribution in [0.4, 0.5) is 0 Å². The Balaban J connectivity index is 1.56. The molecule has 0 atom stereocenters. The van der Waals surface area contributed by atoms with E-state index in [1.165, 1.54) is 0 Å². The molecule has 0 saturated carbocycles. The number of nitrogens with zero attached hydrogens (tertiary/aromatic N) is 1. The first-order valence-corrected chi connectivity index (χ1v) is 11.3. The molecule has 0 bridgehead atoms. The van der Waals surface area contributed by atoms with Gasteiger partial charge in [0.1, 0.15) is 5.82 Å². The Kier molecular flexibility index (Phi) is 6.09. The Hall–Kier alpha value is -2.41. The van der Waals surface area contributed by atoms with E-state index in [1.807, 2.05) is 38.1 Å². The van der Waals surface area contributed by atoms with Crippen LogP contribution in [0.25, 0.3) is 22.5 Å². The number of aliphatic hydroxyl groups is 1.